The maximum Gasteiger partial charge on any atom is 0.347 e. The van der Waals surface area contributed by atoms with E-state index >= 15 is 0 Å². The summed E-state index contributed by atoms with van der Waals surface area (Å²) in [5.41, 5.74) is -0.635. The van der Waals surface area contributed by atoms with Crippen molar-refractivity contribution in [2.24, 2.45) is 0 Å². The van der Waals surface area contributed by atoms with E-state index in [2.05, 4.69) is 5.32 Å². The molecule has 0 radical (unpaired) electrons. The van der Waals surface area contributed by atoms with Gasteiger partial charge in [-0.3, -0.25) is 14.5 Å². The molecule has 0 saturated carbocycles. The van der Waals surface area contributed by atoms with Crippen LogP contribution in [0.25, 0.3) is 0 Å². The minimum absolute atomic E-state index is 0.186. The Labute approximate surface area is 137 Å². The van der Waals surface area contributed by atoms with Crippen molar-refractivity contribution in [2.75, 3.05) is 13.2 Å². The number of imide groups is 1. The van der Waals surface area contributed by atoms with Crippen LogP contribution >= 0.6 is 0 Å². The van der Waals surface area contributed by atoms with E-state index in [4.69, 9.17) is 9.47 Å². The summed E-state index contributed by atoms with van der Waals surface area (Å²) in [6.45, 7) is 1.20. The maximum atomic E-state index is 12.6. The standard InChI is InChI=1S/C16H16N2O6/c1-16(10-5-3-2-4-6-10)14(21)18(15(22)17-16)9-12(19)24-11-7-8-23-13(11)20/h2-6,11H,7-9H2,1H3,(H,17,22)/t11-,16-/m1/s1. The number of cyclic esters (lactones) is 1. The highest BCUT2D eigenvalue weighted by atomic mass is 16.6. The molecule has 0 bridgehead atoms. The van der Waals surface area contributed by atoms with Crippen molar-refractivity contribution in [1.82, 2.24) is 10.2 Å². The second-order valence-electron chi connectivity index (χ2n) is 5.75. The maximum absolute atomic E-state index is 12.6. The molecule has 1 aromatic rings. The first-order chi connectivity index (χ1) is 11.4. The third-order valence-electron chi connectivity index (χ3n) is 4.07. The Hall–Kier alpha value is -2.90. The van der Waals surface area contributed by atoms with Gasteiger partial charge in [-0.1, -0.05) is 30.3 Å². The molecule has 3 amide bonds. The van der Waals surface area contributed by atoms with E-state index in [9.17, 15) is 19.2 Å². The lowest BCUT2D eigenvalue weighted by Crippen LogP contribution is -2.42. The molecule has 8 heteroatoms. The summed E-state index contributed by atoms with van der Waals surface area (Å²) in [7, 11) is 0. The number of benzene rings is 1. The molecule has 126 valence electrons. The second kappa shape index (κ2) is 5.95. The van der Waals surface area contributed by atoms with E-state index in [-0.39, 0.29) is 13.0 Å². The minimum Gasteiger partial charge on any atom is -0.463 e. The summed E-state index contributed by atoms with van der Waals surface area (Å²) < 4.78 is 9.66. The van der Waals surface area contributed by atoms with Crippen LogP contribution in [-0.4, -0.2) is 48.0 Å². The van der Waals surface area contributed by atoms with Gasteiger partial charge in [0.15, 0.2) is 0 Å². The molecule has 1 N–H and O–H groups in total. The average molecular weight is 332 g/mol. The van der Waals surface area contributed by atoms with Gasteiger partial charge in [-0.2, -0.15) is 0 Å². The molecule has 2 fully saturated rings. The molecule has 0 spiro atoms. The molecular formula is C16H16N2O6. The van der Waals surface area contributed by atoms with Crippen molar-refractivity contribution >= 4 is 23.9 Å². The van der Waals surface area contributed by atoms with Crippen LogP contribution < -0.4 is 5.32 Å². The monoisotopic (exact) mass is 332 g/mol. The van der Waals surface area contributed by atoms with E-state index in [1.807, 2.05) is 0 Å². The molecule has 3 rings (SSSR count). The van der Waals surface area contributed by atoms with Gasteiger partial charge < -0.3 is 14.8 Å². The molecule has 2 heterocycles. The van der Waals surface area contributed by atoms with Crippen molar-refractivity contribution in [1.29, 1.82) is 0 Å². The number of carbonyl (C=O) groups excluding carboxylic acids is 4. The van der Waals surface area contributed by atoms with E-state index in [0.29, 0.717) is 5.56 Å². The number of hydrogen-bond donors (Lipinski definition) is 1. The first-order valence-corrected chi connectivity index (χ1v) is 7.47. The van der Waals surface area contributed by atoms with Gasteiger partial charge >= 0.3 is 18.0 Å². The fraction of sp³-hybridized carbons (Fsp3) is 0.375. The Morgan fingerprint density at radius 1 is 1.33 bits per heavy atom. The Bertz CT molecular complexity index is 704. The van der Waals surface area contributed by atoms with Gasteiger partial charge in [0.25, 0.3) is 5.91 Å². The molecule has 8 nitrogen and oxygen atoms in total. The molecule has 0 unspecified atom stereocenters. The molecule has 24 heavy (non-hydrogen) atoms. The number of ether oxygens (including phenoxy) is 2. The van der Waals surface area contributed by atoms with Crippen LogP contribution in [-0.2, 0) is 29.4 Å². The van der Waals surface area contributed by atoms with Crippen LogP contribution in [0.15, 0.2) is 30.3 Å². The predicted molar refractivity (Wildman–Crippen MR) is 79.5 cm³/mol. The Morgan fingerprint density at radius 3 is 2.67 bits per heavy atom. The van der Waals surface area contributed by atoms with Crippen LogP contribution in [0, 0.1) is 0 Å². The SMILES string of the molecule is C[C@]1(c2ccccc2)NC(=O)N(CC(=O)O[C@@H]2CCOC2=O)C1=O. The quantitative estimate of drug-likeness (QED) is 0.629. The van der Waals surface area contributed by atoms with Crippen molar-refractivity contribution in [3.8, 4) is 0 Å². The van der Waals surface area contributed by atoms with Gasteiger partial charge in [-0.25, -0.2) is 9.59 Å². The van der Waals surface area contributed by atoms with Crippen molar-refractivity contribution in [2.45, 2.75) is 25.0 Å². The summed E-state index contributed by atoms with van der Waals surface area (Å²) in [4.78, 5) is 48.8. The lowest BCUT2D eigenvalue weighted by atomic mass is 9.92. The number of nitrogens with zero attached hydrogens (tertiary/aromatic N) is 1. The van der Waals surface area contributed by atoms with Gasteiger partial charge in [0, 0.05) is 6.42 Å². The normalized spacial score (nSPS) is 26.3. The molecule has 2 aliphatic heterocycles. The number of urea groups is 1. The average Bonchev–Trinajstić information content (AvgIpc) is 3.05. The van der Waals surface area contributed by atoms with E-state index in [1.165, 1.54) is 0 Å². The minimum atomic E-state index is -1.25. The fourth-order valence-corrected chi connectivity index (χ4v) is 2.72. The summed E-state index contributed by atoms with van der Waals surface area (Å²) in [6.07, 6.45) is -0.703. The first-order valence-electron chi connectivity index (χ1n) is 7.47. The predicted octanol–water partition coefficient (Wildman–Crippen LogP) is 0.312. The number of esters is 2. The van der Waals surface area contributed by atoms with Crippen LogP contribution in [0.5, 0.6) is 0 Å². The number of nitrogens with one attached hydrogen (secondary N) is 1. The molecule has 0 aromatic heterocycles. The van der Waals surface area contributed by atoms with Gasteiger partial charge in [-0.05, 0) is 12.5 Å². The number of hydrogen-bond acceptors (Lipinski definition) is 6. The Morgan fingerprint density at radius 2 is 2.04 bits per heavy atom. The van der Waals surface area contributed by atoms with Crippen LogP contribution in [0.3, 0.4) is 0 Å². The van der Waals surface area contributed by atoms with Crippen molar-refractivity contribution < 1.29 is 28.7 Å². The lowest BCUT2D eigenvalue weighted by molar-refractivity contribution is -0.161. The molecule has 2 atom stereocenters. The molecule has 0 aliphatic carbocycles. The number of amides is 3. The van der Waals surface area contributed by atoms with Gasteiger partial charge in [-0.15, -0.1) is 0 Å². The highest BCUT2D eigenvalue weighted by Crippen LogP contribution is 2.28. The largest absolute Gasteiger partial charge is 0.463 e. The molecule has 2 saturated heterocycles. The Balaban J connectivity index is 1.70. The molecule has 2 aliphatic rings. The van der Waals surface area contributed by atoms with Crippen molar-refractivity contribution in [3.63, 3.8) is 0 Å². The summed E-state index contributed by atoms with van der Waals surface area (Å²) in [5.74, 6) is -2.00. The zero-order chi connectivity index (χ0) is 17.3. The van der Waals surface area contributed by atoms with Crippen LogP contribution in [0.4, 0.5) is 4.79 Å². The smallest absolute Gasteiger partial charge is 0.347 e. The van der Waals surface area contributed by atoms with Crippen LogP contribution in [0.2, 0.25) is 0 Å². The summed E-state index contributed by atoms with van der Waals surface area (Å²) >= 11 is 0. The second-order valence-corrected chi connectivity index (χ2v) is 5.75. The van der Waals surface area contributed by atoms with E-state index in [1.54, 1.807) is 37.3 Å². The lowest BCUT2D eigenvalue weighted by Gasteiger charge is -2.22. The Kier molecular flexibility index (Phi) is 3.96. The highest BCUT2D eigenvalue weighted by molar-refractivity contribution is 6.08. The van der Waals surface area contributed by atoms with Gasteiger partial charge in [0.1, 0.15) is 12.1 Å². The topological polar surface area (TPSA) is 102 Å². The highest BCUT2D eigenvalue weighted by Gasteiger charge is 2.49. The molecule has 1 aromatic carbocycles. The third kappa shape index (κ3) is 2.70. The fourth-order valence-electron chi connectivity index (χ4n) is 2.72. The zero-order valence-electron chi connectivity index (χ0n) is 13.0. The van der Waals surface area contributed by atoms with E-state index in [0.717, 1.165) is 4.90 Å². The van der Waals surface area contributed by atoms with Gasteiger partial charge in [0.05, 0.1) is 6.61 Å². The summed E-state index contributed by atoms with van der Waals surface area (Å²) in [5, 5.41) is 2.59. The van der Waals surface area contributed by atoms with E-state index < -0.39 is 42.1 Å². The number of carbonyl (C=O) groups is 4. The van der Waals surface area contributed by atoms with Gasteiger partial charge in [0.2, 0.25) is 6.10 Å². The zero-order valence-corrected chi connectivity index (χ0v) is 13.0. The summed E-state index contributed by atoms with van der Waals surface area (Å²) in [6, 6.07) is 8.05. The molecular weight excluding hydrogens is 316 g/mol. The third-order valence-corrected chi connectivity index (χ3v) is 4.07. The number of rotatable bonds is 4. The van der Waals surface area contributed by atoms with Crippen LogP contribution in [0.1, 0.15) is 18.9 Å². The van der Waals surface area contributed by atoms with Crippen molar-refractivity contribution in [3.05, 3.63) is 35.9 Å². The first kappa shape index (κ1) is 16.0.